The van der Waals surface area contributed by atoms with Crippen molar-refractivity contribution in [2.45, 2.75) is 19.6 Å². The van der Waals surface area contributed by atoms with Gasteiger partial charge in [-0.05, 0) is 77.7 Å². The molecule has 0 atom stereocenters. The van der Waals surface area contributed by atoms with E-state index < -0.39 is 85.3 Å². The summed E-state index contributed by atoms with van der Waals surface area (Å²) >= 11 is 6.26. The number of nitrogens with one attached hydrogen (secondary N) is 2. The zero-order valence-electron chi connectivity index (χ0n) is 31.0. The number of anilines is 4. The van der Waals surface area contributed by atoms with Gasteiger partial charge in [-0.15, -0.1) is 5.11 Å². The zero-order valence-corrected chi connectivity index (χ0v) is 43.8. The van der Waals surface area contributed by atoms with E-state index in [1.807, 2.05) is 0 Å². The Morgan fingerprint density at radius 2 is 1.37 bits per heavy atom. The van der Waals surface area contributed by atoms with Crippen molar-refractivity contribution in [2.24, 2.45) is 10.2 Å². The van der Waals surface area contributed by atoms with Crippen LogP contribution in [0.5, 0.6) is 5.75 Å². The maximum Gasteiger partial charge on any atom is 1.00 e. The van der Waals surface area contributed by atoms with E-state index in [1.54, 1.807) is 0 Å². The van der Waals surface area contributed by atoms with E-state index in [9.17, 15) is 57.7 Å². The summed E-state index contributed by atoms with van der Waals surface area (Å²) < 4.78 is 136. The van der Waals surface area contributed by atoms with Gasteiger partial charge >= 0.3 is 118 Å². The van der Waals surface area contributed by atoms with Gasteiger partial charge < -0.3 is 34.7 Å². The molecule has 5 rings (SSSR count). The maximum atomic E-state index is 12.5. The summed E-state index contributed by atoms with van der Waals surface area (Å²) in [4.78, 5) is 9.88. The second-order valence-electron chi connectivity index (χ2n) is 10.5. The molecule has 0 saturated heterocycles. The van der Waals surface area contributed by atoms with Crippen LogP contribution >= 0.6 is 23.6 Å². The van der Waals surface area contributed by atoms with Crippen LogP contribution < -0.4 is 134 Å². The number of nitrogens with zero attached hydrogens (tertiary/aromatic N) is 5. The number of hydrogen-bond acceptors (Lipinski definition) is 24. The first kappa shape index (κ1) is 57.3. The molecule has 0 radical (unpaired) electrons. The van der Waals surface area contributed by atoms with Gasteiger partial charge in [0.05, 0.1) is 55.4 Å². The van der Waals surface area contributed by atoms with Crippen LogP contribution in [0.3, 0.4) is 0 Å². The second-order valence-corrected chi connectivity index (χ2v) is 17.5. The van der Waals surface area contributed by atoms with E-state index in [0.717, 1.165) is 54.6 Å². The molecule has 23 nitrogen and oxygen atoms in total. The van der Waals surface area contributed by atoms with Crippen molar-refractivity contribution < 1.29 is 189 Å². The Bertz CT molecular complexity index is 2820. The van der Waals surface area contributed by atoms with E-state index in [4.69, 9.17) is 11.6 Å². The quantitative estimate of drug-likeness (QED) is 0.0157. The summed E-state index contributed by atoms with van der Waals surface area (Å²) in [6.07, 6.45) is 0. The van der Waals surface area contributed by atoms with Gasteiger partial charge in [0.15, 0.2) is 15.6 Å². The fraction of sp³-hybridized carbons (Fsp3) is 0.0741. The zero-order chi connectivity index (χ0) is 41.1. The van der Waals surface area contributed by atoms with Crippen LogP contribution in [0.1, 0.15) is 0 Å². The molecule has 0 aliphatic heterocycles. The fourth-order valence-electron chi connectivity index (χ4n) is 4.55. The van der Waals surface area contributed by atoms with Crippen molar-refractivity contribution >= 4 is 110 Å². The molecule has 0 bridgehead atoms. The number of halogens is 1. The van der Waals surface area contributed by atoms with E-state index in [1.165, 1.54) is 12.1 Å². The average Bonchev–Trinajstić information content (AvgIpc) is 3.09. The largest absolute Gasteiger partial charge is 1.00 e. The van der Waals surface area contributed by atoms with Gasteiger partial charge in [0.1, 0.15) is 25.9 Å². The van der Waals surface area contributed by atoms with Crippen molar-refractivity contribution in [1.82, 2.24) is 15.0 Å². The molecular formula is C27H18ClN7Na4O16S5. The molecule has 0 spiro atoms. The Balaban J connectivity index is 0.00000450. The summed E-state index contributed by atoms with van der Waals surface area (Å²) in [5.41, 5.74) is -0.791. The summed E-state index contributed by atoms with van der Waals surface area (Å²) in [7, 11) is -19.3. The second kappa shape index (κ2) is 24.0. The smallest absolute Gasteiger partial charge is 0.744 e. The number of rotatable bonds is 16. The first-order chi connectivity index (χ1) is 26.1. The topological polar surface area (TPSA) is 364 Å². The Kier molecular flexibility index (Phi) is 22.9. The van der Waals surface area contributed by atoms with Crippen molar-refractivity contribution in [1.29, 1.82) is 0 Å². The van der Waals surface area contributed by atoms with E-state index in [-0.39, 0.29) is 174 Å². The maximum absolute atomic E-state index is 12.5. The number of benzene rings is 4. The van der Waals surface area contributed by atoms with Crippen LogP contribution in [0, 0.1) is 0 Å². The number of fused-ring (bicyclic) bond motifs is 1. The molecule has 1 heterocycles. The van der Waals surface area contributed by atoms with Gasteiger partial charge in [-0.2, -0.15) is 24.4 Å². The molecule has 0 aliphatic rings. The molecule has 5 aromatic rings. The van der Waals surface area contributed by atoms with Crippen LogP contribution in [0.4, 0.5) is 34.6 Å². The molecule has 3 N–H and O–H groups in total. The SMILES string of the molecule is O=S(=O)([O-])OCCS(=O)(=O)c1ccc(N=Nc2c(SOO[O-])cc3cc(S(=O)(=O)[O-])cc(Nc4nc(Cl)nc(Nc5cccc(S(=O)(=O)[O-])c5)n4)c3c2O)cc1.[Na+].[Na+].[Na+].[Na+]. The number of phenolic OH excluding ortho intramolecular Hbond substituents is 1. The Morgan fingerprint density at radius 3 is 1.95 bits per heavy atom. The van der Waals surface area contributed by atoms with Gasteiger partial charge in [0, 0.05) is 11.1 Å². The van der Waals surface area contributed by atoms with E-state index >= 15 is 0 Å². The molecule has 0 unspecified atom stereocenters. The first-order valence-corrected chi connectivity index (χ1v) is 21.3. The molecule has 0 fully saturated rings. The summed E-state index contributed by atoms with van der Waals surface area (Å²) in [6, 6.07) is 11.9. The van der Waals surface area contributed by atoms with Gasteiger partial charge in [-0.3, -0.25) is 9.22 Å². The molecule has 0 amide bonds. The Hall–Kier alpha value is -0.690. The number of hydrogen-bond donors (Lipinski definition) is 3. The minimum Gasteiger partial charge on any atom is -0.744 e. The normalized spacial score (nSPS) is 11.8. The van der Waals surface area contributed by atoms with Crippen molar-refractivity contribution in [3.8, 4) is 5.75 Å². The van der Waals surface area contributed by atoms with Crippen molar-refractivity contribution in [3.05, 3.63) is 72.0 Å². The predicted molar refractivity (Wildman–Crippen MR) is 186 cm³/mol. The van der Waals surface area contributed by atoms with Crippen LogP contribution in [0.2, 0.25) is 5.28 Å². The minimum absolute atomic E-state index is 0. The third kappa shape index (κ3) is 16.1. The van der Waals surface area contributed by atoms with Crippen molar-refractivity contribution in [3.63, 3.8) is 0 Å². The van der Waals surface area contributed by atoms with E-state index in [2.05, 4.69) is 49.4 Å². The fourth-order valence-corrected chi connectivity index (χ4v) is 7.73. The van der Waals surface area contributed by atoms with Gasteiger partial charge in [0.2, 0.25) is 27.6 Å². The average molecular weight is 984 g/mol. The standard InChI is InChI=1S/C27H22ClN7O16S5.4Na/c28-25-31-26(29-16-2-1-3-18(12-16)54(40,41)42)33-27(32-25)30-20-13-19(55(43,44)45)10-14-11-21(52-51-50-37)23(24(36)22(14)20)35-34-15-4-6-17(7-5-15)53(38,39)9-8-49-56(46,47)48;;;;/h1-7,10-13,36-37H,8-9H2,(H,40,41,42)(H,43,44,45)(H,46,47,48)(H2,29,30,31,32,33);;;;/q;4*+1/p-4. The molecule has 0 saturated carbocycles. The number of aromatic nitrogens is 3. The minimum atomic E-state index is -5.19. The number of sulfone groups is 1. The first-order valence-electron chi connectivity index (χ1n) is 14.4. The molecule has 298 valence electrons. The third-order valence-electron chi connectivity index (χ3n) is 6.84. The van der Waals surface area contributed by atoms with Crippen LogP contribution in [0.15, 0.2) is 96.5 Å². The number of azo groups is 1. The summed E-state index contributed by atoms with van der Waals surface area (Å²) in [6.45, 7) is -0.934. The van der Waals surface area contributed by atoms with Gasteiger partial charge in [0.25, 0.3) is 0 Å². The van der Waals surface area contributed by atoms with E-state index in [0.29, 0.717) is 0 Å². The predicted octanol–water partition coefficient (Wildman–Crippen LogP) is -9.41. The third-order valence-corrected chi connectivity index (χ3v) is 11.4. The monoisotopic (exact) mass is 983 g/mol. The molecule has 1 aromatic heterocycles. The van der Waals surface area contributed by atoms with Crippen LogP contribution in [-0.4, -0.2) is 79.7 Å². The van der Waals surface area contributed by atoms with Gasteiger partial charge in [-0.1, -0.05) is 6.07 Å². The molecule has 33 heteroatoms. The molecular weight excluding hydrogens is 966 g/mol. The Morgan fingerprint density at radius 1 is 0.750 bits per heavy atom. The molecule has 4 aromatic carbocycles. The van der Waals surface area contributed by atoms with Crippen LogP contribution in [-0.2, 0) is 54.0 Å². The number of aromatic hydroxyl groups is 1. The molecule has 60 heavy (non-hydrogen) atoms. The summed E-state index contributed by atoms with van der Waals surface area (Å²) in [5.74, 6) is -2.38. The Labute approximate surface area is 438 Å². The number of phenols is 1. The van der Waals surface area contributed by atoms with Crippen molar-refractivity contribution in [2.75, 3.05) is 23.0 Å². The molecule has 0 aliphatic carbocycles. The van der Waals surface area contributed by atoms with Gasteiger partial charge in [-0.25, -0.2) is 33.7 Å². The van der Waals surface area contributed by atoms with Crippen LogP contribution in [0.25, 0.3) is 10.8 Å². The summed E-state index contributed by atoms with van der Waals surface area (Å²) in [5, 5.41) is 37.8.